The lowest BCUT2D eigenvalue weighted by molar-refractivity contribution is 0.391. The van der Waals surface area contributed by atoms with Crippen LogP contribution < -0.4 is 0 Å². The summed E-state index contributed by atoms with van der Waals surface area (Å²) in [6.07, 6.45) is 0. The average Bonchev–Trinajstić information content (AvgIpc) is 3.17. The summed E-state index contributed by atoms with van der Waals surface area (Å²) >= 11 is 1.46. The van der Waals surface area contributed by atoms with Crippen molar-refractivity contribution in [2.75, 3.05) is 0 Å². The first kappa shape index (κ1) is 17.4. The van der Waals surface area contributed by atoms with Gasteiger partial charge in [-0.2, -0.15) is 4.98 Å². The zero-order valence-electron chi connectivity index (χ0n) is 14.5. The van der Waals surface area contributed by atoms with Gasteiger partial charge in [0.2, 0.25) is 11.7 Å². The summed E-state index contributed by atoms with van der Waals surface area (Å²) in [7, 11) is 0. The maximum atomic E-state index is 13.0. The van der Waals surface area contributed by atoms with Gasteiger partial charge in [0.25, 0.3) is 0 Å². The number of thioether (sulfide) groups is 1. The lowest BCUT2D eigenvalue weighted by atomic mass is 10.1. The number of aromatic nitrogens is 4. The molecule has 0 saturated carbocycles. The van der Waals surface area contributed by atoms with Crippen LogP contribution in [0, 0.1) is 12.7 Å². The smallest absolute Gasteiger partial charge is 0.237 e. The predicted octanol–water partition coefficient (Wildman–Crippen LogP) is 4.93. The van der Waals surface area contributed by atoms with Crippen LogP contribution in [0.1, 0.15) is 11.5 Å². The highest BCUT2D eigenvalue weighted by molar-refractivity contribution is 7.98. The molecule has 0 aliphatic rings. The Hall–Kier alpha value is -3.06. The first-order valence-corrected chi connectivity index (χ1v) is 9.28. The number of nitrogens with zero attached hydrogens (tertiary/aromatic N) is 4. The van der Waals surface area contributed by atoms with E-state index in [4.69, 9.17) is 4.52 Å². The molecule has 0 radical (unpaired) electrons. The van der Waals surface area contributed by atoms with Crippen molar-refractivity contribution in [1.82, 2.24) is 20.3 Å². The van der Waals surface area contributed by atoms with Crippen molar-refractivity contribution in [3.8, 4) is 22.6 Å². The fourth-order valence-electron chi connectivity index (χ4n) is 2.44. The van der Waals surface area contributed by atoms with Gasteiger partial charge in [-0.15, -0.1) is 10.2 Å². The SMILES string of the molecule is Cc1ccc(-c2ccc(SCc3nc(-c4ccc(F)cc4)no3)nn2)cc1. The fourth-order valence-corrected chi connectivity index (χ4v) is 3.09. The number of hydrogen-bond acceptors (Lipinski definition) is 6. The van der Waals surface area contributed by atoms with Crippen molar-refractivity contribution in [2.45, 2.75) is 17.7 Å². The van der Waals surface area contributed by atoms with Crippen LogP contribution in [0.3, 0.4) is 0 Å². The molecule has 2 heterocycles. The van der Waals surface area contributed by atoms with Gasteiger partial charge in [-0.05, 0) is 43.3 Å². The monoisotopic (exact) mass is 378 g/mol. The Morgan fingerprint density at radius 2 is 1.63 bits per heavy atom. The van der Waals surface area contributed by atoms with Crippen LogP contribution in [0.15, 0.2) is 70.2 Å². The van der Waals surface area contributed by atoms with Crippen LogP contribution in [-0.4, -0.2) is 20.3 Å². The summed E-state index contributed by atoms with van der Waals surface area (Å²) in [5.41, 5.74) is 3.78. The summed E-state index contributed by atoms with van der Waals surface area (Å²) < 4.78 is 18.2. The standard InChI is InChI=1S/C20H15FN4OS/c1-13-2-4-14(5-3-13)17-10-11-19(24-23-17)27-12-18-22-20(25-26-18)15-6-8-16(21)9-7-15/h2-11H,12H2,1H3. The van der Waals surface area contributed by atoms with Crippen LogP contribution in [0.5, 0.6) is 0 Å². The summed E-state index contributed by atoms with van der Waals surface area (Å²) in [6, 6.07) is 18.0. The predicted molar refractivity (Wildman–Crippen MR) is 101 cm³/mol. The largest absolute Gasteiger partial charge is 0.338 e. The molecule has 0 aliphatic carbocycles. The maximum Gasteiger partial charge on any atom is 0.237 e. The number of benzene rings is 2. The van der Waals surface area contributed by atoms with E-state index in [1.807, 2.05) is 43.3 Å². The zero-order chi connectivity index (χ0) is 18.6. The Labute approximate surface area is 159 Å². The van der Waals surface area contributed by atoms with Crippen LogP contribution in [0.25, 0.3) is 22.6 Å². The molecule has 0 fully saturated rings. The highest BCUT2D eigenvalue weighted by Crippen LogP contribution is 2.24. The van der Waals surface area contributed by atoms with E-state index in [0.29, 0.717) is 23.0 Å². The first-order chi connectivity index (χ1) is 13.2. The molecule has 4 rings (SSSR count). The minimum atomic E-state index is -0.300. The molecule has 2 aromatic heterocycles. The Morgan fingerprint density at radius 3 is 2.33 bits per heavy atom. The normalized spacial score (nSPS) is 10.9. The molecule has 0 atom stereocenters. The van der Waals surface area contributed by atoms with Crippen LogP contribution in [0.4, 0.5) is 4.39 Å². The third kappa shape index (κ3) is 4.20. The van der Waals surface area contributed by atoms with Gasteiger partial charge in [-0.25, -0.2) is 4.39 Å². The minimum Gasteiger partial charge on any atom is -0.338 e. The van der Waals surface area contributed by atoms with Crippen molar-refractivity contribution in [3.63, 3.8) is 0 Å². The molecule has 0 bridgehead atoms. The summed E-state index contributed by atoms with van der Waals surface area (Å²) in [5, 5.41) is 13.2. The van der Waals surface area contributed by atoms with Gasteiger partial charge in [0.05, 0.1) is 11.4 Å². The van der Waals surface area contributed by atoms with Gasteiger partial charge in [0, 0.05) is 11.1 Å². The lowest BCUT2D eigenvalue weighted by Gasteiger charge is -2.02. The Morgan fingerprint density at radius 1 is 0.889 bits per heavy atom. The second kappa shape index (κ2) is 7.67. The van der Waals surface area contributed by atoms with Gasteiger partial charge in [-0.3, -0.25) is 0 Å². The van der Waals surface area contributed by atoms with Crippen molar-refractivity contribution < 1.29 is 8.91 Å². The molecular weight excluding hydrogens is 363 g/mol. The number of rotatable bonds is 5. The molecule has 27 heavy (non-hydrogen) atoms. The van der Waals surface area contributed by atoms with Crippen molar-refractivity contribution in [1.29, 1.82) is 0 Å². The van der Waals surface area contributed by atoms with Crippen molar-refractivity contribution >= 4 is 11.8 Å². The third-order valence-corrected chi connectivity index (χ3v) is 4.81. The summed E-state index contributed by atoms with van der Waals surface area (Å²) in [6.45, 7) is 2.05. The molecule has 4 aromatic rings. The second-order valence-electron chi connectivity index (χ2n) is 5.93. The van der Waals surface area contributed by atoms with Crippen molar-refractivity contribution in [2.24, 2.45) is 0 Å². The van der Waals surface area contributed by atoms with E-state index < -0.39 is 0 Å². The van der Waals surface area contributed by atoms with Gasteiger partial charge < -0.3 is 4.52 Å². The molecular formula is C20H15FN4OS. The quantitative estimate of drug-likeness (QED) is 0.459. The van der Waals surface area contributed by atoms with Crippen LogP contribution >= 0.6 is 11.8 Å². The Balaban J connectivity index is 1.40. The first-order valence-electron chi connectivity index (χ1n) is 8.29. The Kier molecular flexibility index (Phi) is 4.93. The average molecular weight is 378 g/mol. The molecule has 0 N–H and O–H groups in total. The second-order valence-corrected chi connectivity index (χ2v) is 6.93. The minimum absolute atomic E-state index is 0.300. The van der Waals surface area contributed by atoms with Crippen molar-refractivity contribution in [3.05, 3.63) is 77.9 Å². The van der Waals surface area contributed by atoms with E-state index in [2.05, 4.69) is 20.3 Å². The molecule has 0 aliphatic heterocycles. The summed E-state index contributed by atoms with van der Waals surface area (Å²) in [5.74, 6) is 1.09. The molecule has 0 unspecified atom stereocenters. The van der Waals surface area contributed by atoms with E-state index in [0.717, 1.165) is 16.3 Å². The zero-order valence-corrected chi connectivity index (χ0v) is 15.3. The highest BCUT2D eigenvalue weighted by atomic mass is 32.2. The highest BCUT2D eigenvalue weighted by Gasteiger charge is 2.10. The van der Waals surface area contributed by atoms with E-state index in [-0.39, 0.29) is 5.82 Å². The topological polar surface area (TPSA) is 64.7 Å². The van der Waals surface area contributed by atoms with Crippen LogP contribution in [0.2, 0.25) is 0 Å². The lowest BCUT2D eigenvalue weighted by Crippen LogP contribution is -1.90. The molecule has 0 amide bonds. The molecule has 0 saturated heterocycles. The van der Waals surface area contributed by atoms with Gasteiger partial charge in [-0.1, -0.05) is 46.7 Å². The van der Waals surface area contributed by atoms with Crippen LogP contribution in [-0.2, 0) is 5.75 Å². The summed E-state index contributed by atoms with van der Waals surface area (Å²) in [4.78, 5) is 4.33. The number of halogens is 1. The number of hydrogen-bond donors (Lipinski definition) is 0. The molecule has 5 nitrogen and oxygen atoms in total. The molecule has 7 heteroatoms. The van der Waals surface area contributed by atoms with Gasteiger partial charge in [0.15, 0.2) is 0 Å². The van der Waals surface area contributed by atoms with E-state index in [1.165, 1.54) is 29.5 Å². The fraction of sp³-hybridized carbons (Fsp3) is 0.100. The van der Waals surface area contributed by atoms with Gasteiger partial charge in [0.1, 0.15) is 10.8 Å². The van der Waals surface area contributed by atoms with Gasteiger partial charge >= 0.3 is 0 Å². The third-order valence-electron chi connectivity index (χ3n) is 3.90. The number of aryl methyl sites for hydroxylation is 1. The molecule has 2 aromatic carbocycles. The van der Waals surface area contributed by atoms with E-state index >= 15 is 0 Å². The van der Waals surface area contributed by atoms with E-state index in [9.17, 15) is 4.39 Å². The van der Waals surface area contributed by atoms with E-state index in [1.54, 1.807) is 12.1 Å². The molecule has 0 spiro atoms. The Bertz CT molecular complexity index is 1030. The maximum absolute atomic E-state index is 13.0. The molecule has 134 valence electrons.